The molecule has 2 aromatic rings. The number of fused-ring (bicyclic) bond motifs is 1. The van der Waals surface area contributed by atoms with E-state index >= 15 is 0 Å². The van der Waals surface area contributed by atoms with Gasteiger partial charge in [0.25, 0.3) is 5.91 Å². The van der Waals surface area contributed by atoms with Crippen molar-refractivity contribution in [1.29, 1.82) is 5.26 Å². The lowest BCUT2D eigenvalue weighted by atomic mass is 9.96. The van der Waals surface area contributed by atoms with Gasteiger partial charge in [0.1, 0.15) is 23.5 Å². The Labute approximate surface area is 217 Å². The number of ether oxygens (including phenoxy) is 1. The summed E-state index contributed by atoms with van der Waals surface area (Å²) in [7, 11) is 0.347. The summed E-state index contributed by atoms with van der Waals surface area (Å²) < 4.78 is 5.24. The third-order valence-corrected chi connectivity index (χ3v) is 8.30. The first-order chi connectivity index (χ1) is 16.9. The second kappa shape index (κ2) is 9.87. The highest BCUT2D eigenvalue weighted by molar-refractivity contribution is 8.32. The van der Waals surface area contributed by atoms with Gasteiger partial charge in [-0.15, -0.1) is 0 Å². The molecule has 2 aliphatic rings. The minimum Gasteiger partial charge on any atom is -0.497 e. The molecular formula is C25H32ClN5O4S. The molecule has 4 rings (SSSR count). The van der Waals surface area contributed by atoms with E-state index in [1.54, 1.807) is 18.2 Å². The predicted octanol–water partition coefficient (Wildman–Crippen LogP) is 2.69. The van der Waals surface area contributed by atoms with Gasteiger partial charge < -0.3 is 25.7 Å². The van der Waals surface area contributed by atoms with Crippen molar-refractivity contribution in [3.05, 3.63) is 28.9 Å². The maximum atomic E-state index is 13.2. The zero-order valence-electron chi connectivity index (χ0n) is 20.9. The fraction of sp³-hybridized carbons (Fsp3) is 0.520. The molecule has 11 heteroatoms. The predicted molar refractivity (Wildman–Crippen MR) is 142 cm³/mol. The standard InChI is InChI=1S/C25H32ClN5O4S/c1-35-17-8-14-9-19(29-21(14)18(26)10-17)23(33)30-20(13-36(2,3)4)24(34)28-16(12-27)7-15-11-25(5-6-25)31-22(15)32/h8-10,15-16,20,29H,5-7,11,13H2,1-4H3,(H,28,34)(H,30,33)(H,31,32)/t15-,16+,20+/m1/s1. The first-order valence-electron chi connectivity index (χ1n) is 11.8. The third kappa shape index (κ3) is 5.90. The first-order valence-corrected chi connectivity index (χ1v) is 15.2. The largest absolute Gasteiger partial charge is 0.497 e. The molecule has 9 nitrogen and oxygen atoms in total. The second-order valence-corrected chi connectivity index (χ2v) is 15.6. The minimum atomic E-state index is -1.19. The highest BCUT2D eigenvalue weighted by Gasteiger charge is 2.52. The van der Waals surface area contributed by atoms with E-state index in [-0.39, 0.29) is 29.5 Å². The van der Waals surface area contributed by atoms with Gasteiger partial charge in [0, 0.05) is 28.7 Å². The van der Waals surface area contributed by atoms with Crippen LogP contribution in [0, 0.1) is 17.2 Å². The second-order valence-electron chi connectivity index (χ2n) is 10.6. The number of methoxy groups -OCH3 is 1. The van der Waals surface area contributed by atoms with Crippen LogP contribution in [0.2, 0.25) is 5.02 Å². The number of nitrogens with one attached hydrogen (secondary N) is 4. The van der Waals surface area contributed by atoms with Crippen molar-refractivity contribution in [2.45, 2.75) is 43.3 Å². The maximum Gasteiger partial charge on any atom is 0.268 e. The lowest BCUT2D eigenvalue weighted by molar-refractivity contribution is -0.125. The molecule has 1 aromatic carbocycles. The number of amides is 3. The topological polar surface area (TPSA) is 136 Å². The van der Waals surface area contributed by atoms with Crippen molar-refractivity contribution in [3.63, 3.8) is 0 Å². The number of halogens is 1. The SMILES string of the molecule is COc1cc(Cl)c2[nH]c(C(=O)N[C@@H](CS(C)(C)C)C(=O)N[C@H](C#N)C[C@@H]3CC4(CC4)NC3=O)cc2c1. The average molecular weight is 534 g/mol. The molecule has 1 aromatic heterocycles. The monoisotopic (exact) mass is 533 g/mol. The molecule has 4 N–H and O–H groups in total. The van der Waals surface area contributed by atoms with Gasteiger partial charge in [-0.2, -0.15) is 5.26 Å². The number of nitrogens with zero attached hydrogens (tertiary/aromatic N) is 1. The summed E-state index contributed by atoms with van der Waals surface area (Å²) in [4.78, 5) is 41.7. The van der Waals surface area contributed by atoms with Crippen LogP contribution in [-0.4, -0.2) is 72.0 Å². The lowest BCUT2D eigenvalue weighted by Gasteiger charge is -2.31. The molecule has 1 saturated heterocycles. The van der Waals surface area contributed by atoms with Crippen LogP contribution in [0.25, 0.3) is 10.9 Å². The molecule has 3 atom stereocenters. The van der Waals surface area contributed by atoms with Crippen LogP contribution in [0.1, 0.15) is 36.2 Å². The van der Waals surface area contributed by atoms with Crippen LogP contribution < -0.4 is 20.7 Å². The van der Waals surface area contributed by atoms with Crippen molar-refractivity contribution in [1.82, 2.24) is 20.9 Å². The molecule has 0 radical (unpaired) electrons. The van der Waals surface area contributed by atoms with Crippen molar-refractivity contribution in [2.75, 3.05) is 31.6 Å². The Morgan fingerprint density at radius 3 is 2.58 bits per heavy atom. The Balaban J connectivity index is 1.47. The van der Waals surface area contributed by atoms with E-state index in [0.717, 1.165) is 12.8 Å². The Morgan fingerprint density at radius 2 is 2.00 bits per heavy atom. The number of aromatic amines is 1. The van der Waals surface area contributed by atoms with Crippen LogP contribution in [0.4, 0.5) is 0 Å². The Bertz CT molecular complexity index is 1240. The van der Waals surface area contributed by atoms with Gasteiger partial charge in [-0.1, -0.05) is 11.6 Å². The van der Waals surface area contributed by atoms with Gasteiger partial charge in [-0.3, -0.25) is 14.4 Å². The van der Waals surface area contributed by atoms with Crippen LogP contribution in [0.15, 0.2) is 18.2 Å². The number of hydrogen-bond acceptors (Lipinski definition) is 5. The summed E-state index contributed by atoms with van der Waals surface area (Å²) in [5.74, 6) is -0.244. The van der Waals surface area contributed by atoms with E-state index in [9.17, 15) is 19.6 Å². The van der Waals surface area contributed by atoms with Crippen LogP contribution in [0.3, 0.4) is 0 Å². The smallest absolute Gasteiger partial charge is 0.268 e. The number of nitriles is 1. The summed E-state index contributed by atoms with van der Waals surface area (Å²) in [5.41, 5.74) is 0.763. The summed E-state index contributed by atoms with van der Waals surface area (Å²) in [6.07, 6.45) is 9.03. The fourth-order valence-electron chi connectivity index (χ4n) is 4.68. The number of H-pyrrole nitrogens is 1. The van der Waals surface area contributed by atoms with E-state index in [1.165, 1.54) is 7.11 Å². The number of rotatable bonds is 9. The van der Waals surface area contributed by atoms with Crippen LogP contribution in [-0.2, 0) is 9.59 Å². The molecule has 1 aliphatic carbocycles. The fourth-order valence-corrected chi connectivity index (χ4v) is 6.18. The van der Waals surface area contributed by atoms with E-state index in [0.29, 0.717) is 33.8 Å². The van der Waals surface area contributed by atoms with Crippen molar-refractivity contribution >= 4 is 50.3 Å². The van der Waals surface area contributed by atoms with Crippen molar-refractivity contribution in [2.24, 2.45) is 5.92 Å². The quantitative estimate of drug-likeness (QED) is 0.393. The molecule has 194 valence electrons. The van der Waals surface area contributed by atoms with Crippen LogP contribution in [0.5, 0.6) is 5.75 Å². The highest BCUT2D eigenvalue weighted by Crippen LogP contribution is 2.46. The first kappa shape index (κ1) is 26.2. The molecule has 2 fully saturated rings. The lowest BCUT2D eigenvalue weighted by Crippen LogP contribution is -2.52. The average Bonchev–Trinajstić information content (AvgIpc) is 3.27. The van der Waals surface area contributed by atoms with Gasteiger partial charge in [-0.25, -0.2) is 10.0 Å². The summed E-state index contributed by atoms with van der Waals surface area (Å²) in [6.45, 7) is 0. The zero-order valence-corrected chi connectivity index (χ0v) is 22.4. The van der Waals surface area contributed by atoms with Gasteiger partial charge >= 0.3 is 0 Å². The van der Waals surface area contributed by atoms with Crippen molar-refractivity contribution in [3.8, 4) is 11.8 Å². The summed E-state index contributed by atoms with van der Waals surface area (Å²) in [5, 5.41) is 19.4. The summed E-state index contributed by atoms with van der Waals surface area (Å²) >= 11 is 6.31. The molecule has 1 aliphatic heterocycles. The highest BCUT2D eigenvalue weighted by atomic mass is 35.5. The molecular weight excluding hydrogens is 502 g/mol. The van der Waals surface area contributed by atoms with E-state index in [4.69, 9.17) is 16.3 Å². The van der Waals surface area contributed by atoms with Gasteiger partial charge in [0.2, 0.25) is 11.8 Å². The number of carbonyl (C=O) groups excluding carboxylic acids is 3. The maximum absolute atomic E-state index is 13.2. The van der Waals surface area contributed by atoms with Crippen molar-refractivity contribution < 1.29 is 19.1 Å². The Kier molecular flexibility index (Phi) is 7.17. The number of carbonyl (C=O) groups is 3. The van der Waals surface area contributed by atoms with Crippen LogP contribution >= 0.6 is 21.6 Å². The molecule has 2 heterocycles. The molecule has 0 unspecified atom stereocenters. The molecule has 1 saturated carbocycles. The minimum absolute atomic E-state index is 0.0555. The molecule has 1 spiro atoms. The summed E-state index contributed by atoms with van der Waals surface area (Å²) in [6, 6.07) is 5.52. The zero-order chi connectivity index (χ0) is 26.3. The Morgan fingerprint density at radius 1 is 1.28 bits per heavy atom. The van der Waals surface area contributed by atoms with E-state index in [1.807, 2.05) is 18.8 Å². The molecule has 36 heavy (non-hydrogen) atoms. The van der Waals surface area contributed by atoms with E-state index in [2.05, 4.69) is 27.0 Å². The molecule has 0 bridgehead atoms. The van der Waals surface area contributed by atoms with E-state index < -0.39 is 33.9 Å². The van der Waals surface area contributed by atoms with Gasteiger partial charge in [0.05, 0.1) is 23.7 Å². The Hall–Kier alpha value is -2.90. The van der Waals surface area contributed by atoms with Gasteiger partial charge in [0.15, 0.2) is 0 Å². The van der Waals surface area contributed by atoms with Gasteiger partial charge in [-0.05, 0) is 56.6 Å². The number of aromatic nitrogens is 1. The third-order valence-electron chi connectivity index (χ3n) is 6.66. The normalized spacial score (nSPS) is 20.3. The number of benzene rings is 1. The number of hydrogen-bond donors (Lipinski definition) is 4. The molecule has 3 amide bonds.